The third kappa shape index (κ3) is 3.34. The average Bonchev–Trinajstić information content (AvgIpc) is 2.87. The van der Waals surface area contributed by atoms with E-state index in [1.807, 2.05) is 18.2 Å². The fourth-order valence-electron chi connectivity index (χ4n) is 2.88. The van der Waals surface area contributed by atoms with Crippen LogP contribution in [0.4, 0.5) is 0 Å². The SMILES string of the molecule is O=C(O)CC(=O)NCC1(c2ccccc2)CCCC1. The first-order valence-electron chi connectivity index (χ1n) is 6.66. The largest absolute Gasteiger partial charge is 0.481 e. The number of carboxylic acid groups (broad SMARTS) is 1. The molecule has 2 rings (SSSR count). The van der Waals surface area contributed by atoms with Gasteiger partial charge in [-0.1, -0.05) is 43.2 Å². The molecule has 1 saturated carbocycles. The molecule has 1 aliphatic carbocycles. The first-order valence-corrected chi connectivity index (χ1v) is 6.66. The van der Waals surface area contributed by atoms with Crippen LogP contribution in [-0.4, -0.2) is 23.5 Å². The summed E-state index contributed by atoms with van der Waals surface area (Å²) in [5.74, 6) is -1.49. The van der Waals surface area contributed by atoms with Crippen LogP contribution in [0, 0.1) is 0 Å². The van der Waals surface area contributed by atoms with Gasteiger partial charge in [-0.15, -0.1) is 0 Å². The molecule has 0 heterocycles. The predicted octanol–water partition coefficient (Wildman–Crippen LogP) is 2.09. The number of aliphatic carboxylic acids is 1. The molecule has 0 spiro atoms. The summed E-state index contributed by atoms with van der Waals surface area (Å²) in [4.78, 5) is 22.0. The van der Waals surface area contributed by atoms with Crippen molar-refractivity contribution in [3.05, 3.63) is 35.9 Å². The Labute approximate surface area is 112 Å². The van der Waals surface area contributed by atoms with E-state index in [4.69, 9.17) is 5.11 Å². The molecule has 0 aliphatic heterocycles. The van der Waals surface area contributed by atoms with Crippen molar-refractivity contribution >= 4 is 11.9 Å². The number of carbonyl (C=O) groups excluding carboxylic acids is 1. The Morgan fingerprint density at radius 2 is 1.79 bits per heavy atom. The van der Waals surface area contributed by atoms with E-state index in [1.54, 1.807) is 0 Å². The average molecular weight is 261 g/mol. The van der Waals surface area contributed by atoms with Gasteiger partial charge >= 0.3 is 5.97 Å². The van der Waals surface area contributed by atoms with Crippen molar-refractivity contribution in [3.8, 4) is 0 Å². The lowest BCUT2D eigenvalue weighted by Gasteiger charge is -2.30. The number of hydrogen-bond acceptors (Lipinski definition) is 2. The van der Waals surface area contributed by atoms with Gasteiger partial charge in [-0.3, -0.25) is 9.59 Å². The fraction of sp³-hybridized carbons (Fsp3) is 0.467. The van der Waals surface area contributed by atoms with Gasteiger partial charge in [-0.05, 0) is 18.4 Å². The summed E-state index contributed by atoms with van der Waals surface area (Å²) in [5, 5.41) is 11.4. The number of rotatable bonds is 5. The second-order valence-electron chi connectivity index (χ2n) is 5.20. The lowest BCUT2D eigenvalue weighted by molar-refractivity contribution is -0.140. The number of hydrogen-bond donors (Lipinski definition) is 2. The summed E-state index contributed by atoms with van der Waals surface area (Å²) in [5.41, 5.74) is 1.22. The van der Waals surface area contributed by atoms with Gasteiger partial charge in [0.1, 0.15) is 6.42 Å². The molecule has 1 aliphatic rings. The summed E-state index contributed by atoms with van der Waals surface area (Å²) >= 11 is 0. The van der Waals surface area contributed by atoms with Gasteiger partial charge in [0, 0.05) is 12.0 Å². The maximum absolute atomic E-state index is 11.5. The van der Waals surface area contributed by atoms with Crippen LogP contribution >= 0.6 is 0 Å². The molecule has 4 heteroatoms. The van der Waals surface area contributed by atoms with Crippen molar-refractivity contribution in [1.82, 2.24) is 5.32 Å². The highest BCUT2D eigenvalue weighted by Gasteiger charge is 2.35. The Morgan fingerprint density at radius 3 is 2.37 bits per heavy atom. The van der Waals surface area contributed by atoms with Gasteiger partial charge in [0.2, 0.25) is 5.91 Å². The second kappa shape index (κ2) is 5.87. The molecule has 0 saturated heterocycles. The van der Waals surface area contributed by atoms with Gasteiger partial charge in [-0.25, -0.2) is 0 Å². The Kier molecular flexibility index (Phi) is 4.20. The van der Waals surface area contributed by atoms with Gasteiger partial charge < -0.3 is 10.4 Å². The van der Waals surface area contributed by atoms with Crippen LogP contribution in [-0.2, 0) is 15.0 Å². The molecule has 0 bridgehead atoms. The number of carboxylic acids is 1. The smallest absolute Gasteiger partial charge is 0.312 e. The topological polar surface area (TPSA) is 66.4 Å². The van der Waals surface area contributed by atoms with Crippen LogP contribution in [0.25, 0.3) is 0 Å². The van der Waals surface area contributed by atoms with Crippen LogP contribution in [0.3, 0.4) is 0 Å². The van der Waals surface area contributed by atoms with Gasteiger partial charge in [0.05, 0.1) is 0 Å². The van der Waals surface area contributed by atoms with E-state index in [-0.39, 0.29) is 5.41 Å². The highest BCUT2D eigenvalue weighted by molar-refractivity contribution is 5.93. The Balaban J connectivity index is 2.05. The van der Waals surface area contributed by atoms with Gasteiger partial charge in [0.25, 0.3) is 0 Å². The van der Waals surface area contributed by atoms with E-state index < -0.39 is 18.3 Å². The summed E-state index contributed by atoms with van der Waals surface area (Å²) in [6.45, 7) is 0.531. The zero-order valence-electron chi connectivity index (χ0n) is 10.9. The Hall–Kier alpha value is -1.84. The minimum atomic E-state index is -1.09. The number of nitrogens with one attached hydrogen (secondary N) is 1. The molecule has 1 aromatic carbocycles. The Bertz CT molecular complexity index is 450. The summed E-state index contributed by atoms with van der Waals surface area (Å²) in [7, 11) is 0. The van der Waals surface area contributed by atoms with Crippen molar-refractivity contribution in [1.29, 1.82) is 0 Å². The van der Waals surface area contributed by atoms with Crippen LogP contribution in [0.15, 0.2) is 30.3 Å². The van der Waals surface area contributed by atoms with Crippen LogP contribution < -0.4 is 5.32 Å². The highest BCUT2D eigenvalue weighted by Crippen LogP contribution is 2.40. The lowest BCUT2D eigenvalue weighted by Crippen LogP contribution is -2.39. The first-order chi connectivity index (χ1) is 9.12. The summed E-state index contributed by atoms with van der Waals surface area (Å²) in [6, 6.07) is 10.2. The molecule has 19 heavy (non-hydrogen) atoms. The zero-order chi connectivity index (χ0) is 13.7. The van der Waals surface area contributed by atoms with E-state index >= 15 is 0 Å². The highest BCUT2D eigenvalue weighted by atomic mass is 16.4. The standard InChI is InChI=1S/C15H19NO3/c17-13(10-14(18)19)16-11-15(8-4-5-9-15)12-6-2-1-3-7-12/h1-3,6-7H,4-5,8-11H2,(H,16,17)(H,18,19). The van der Waals surface area contributed by atoms with E-state index in [0.29, 0.717) is 6.54 Å². The quantitative estimate of drug-likeness (QED) is 0.798. The molecule has 1 amide bonds. The van der Waals surface area contributed by atoms with Crippen molar-refractivity contribution in [2.45, 2.75) is 37.5 Å². The predicted molar refractivity (Wildman–Crippen MR) is 71.9 cm³/mol. The second-order valence-corrected chi connectivity index (χ2v) is 5.20. The molecular weight excluding hydrogens is 242 g/mol. The maximum Gasteiger partial charge on any atom is 0.312 e. The molecule has 0 atom stereocenters. The molecule has 1 fully saturated rings. The third-order valence-corrected chi connectivity index (χ3v) is 3.88. The lowest BCUT2D eigenvalue weighted by atomic mass is 9.79. The molecular formula is C15H19NO3. The summed E-state index contributed by atoms with van der Waals surface area (Å²) < 4.78 is 0. The molecule has 4 nitrogen and oxygen atoms in total. The van der Waals surface area contributed by atoms with E-state index in [1.165, 1.54) is 5.56 Å². The normalized spacial score (nSPS) is 17.1. The van der Waals surface area contributed by atoms with Crippen molar-refractivity contribution < 1.29 is 14.7 Å². The van der Waals surface area contributed by atoms with Crippen LogP contribution in [0.5, 0.6) is 0 Å². The Morgan fingerprint density at radius 1 is 1.16 bits per heavy atom. The van der Waals surface area contributed by atoms with E-state index in [9.17, 15) is 9.59 Å². The van der Waals surface area contributed by atoms with Crippen molar-refractivity contribution in [2.75, 3.05) is 6.54 Å². The number of amides is 1. The zero-order valence-corrected chi connectivity index (χ0v) is 10.9. The minimum absolute atomic E-state index is 0.0184. The van der Waals surface area contributed by atoms with Crippen molar-refractivity contribution in [2.24, 2.45) is 0 Å². The minimum Gasteiger partial charge on any atom is -0.481 e. The monoisotopic (exact) mass is 261 g/mol. The maximum atomic E-state index is 11.5. The van der Waals surface area contributed by atoms with E-state index in [0.717, 1.165) is 25.7 Å². The third-order valence-electron chi connectivity index (χ3n) is 3.88. The molecule has 0 radical (unpaired) electrons. The summed E-state index contributed by atoms with van der Waals surface area (Å²) in [6.07, 6.45) is 3.95. The molecule has 1 aromatic rings. The molecule has 102 valence electrons. The fourth-order valence-corrected chi connectivity index (χ4v) is 2.88. The molecule has 0 aromatic heterocycles. The van der Waals surface area contributed by atoms with Gasteiger partial charge in [0.15, 0.2) is 0 Å². The van der Waals surface area contributed by atoms with E-state index in [2.05, 4.69) is 17.4 Å². The van der Waals surface area contributed by atoms with Crippen LogP contribution in [0.2, 0.25) is 0 Å². The number of benzene rings is 1. The van der Waals surface area contributed by atoms with Gasteiger partial charge in [-0.2, -0.15) is 0 Å². The first kappa shape index (κ1) is 13.6. The molecule has 2 N–H and O–H groups in total. The van der Waals surface area contributed by atoms with Crippen molar-refractivity contribution in [3.63, 3.8) is 0 Å². The molecule has 0 unspecified atom stereocenters. The van der Waals surface area contributed by atoms with Crippen LogP contribution in [0.1, 0.15) is 37.7 Å². The number of carbonyl (C=O) groups is 2.